The van der Waals surface area contributed by atoms with Gasteiger partial charge < -0.3 is 0 Å². The number of halogens is 5. The molecule has 0 atom stereocenters. The first-order valence-corrected chi connectivity index (χ1v) is 17.8. The minimum atomic E-state index is -5.46. The first-order chi connectivity index (χ1) is 25.2. The van der Waals surface area contributed by atoms with Crippen LogP contribution >= 0.6 is 0 Å². The van der Waals surface area contributed by atoms with Gasteiger partial charge in [-0.2, -0.15) is 21.0 Å². The van der Waals surface area contributed by atoms with Gasteiger partial charge in [-0.05, 0) is 93.0 Å². The Morgan fingerprint density at radius 1 is 0.415 bits per heavy atom. The predicted molar refractivity (Wildman–Crippen MR) is 175 cm³/mol. The topological polar surface area (TPSA) is 163 Å². The molecule has 0 bridgehead atoms. The maximum Gasteiger partial charge on any atom is 0.212 e. The fourth-order valence-corrected chi connectivity index (χ4v) is 9.21. The Morgan fingerprint density at radius 3 is 1.23 bits per heavy atom. The van der Waals surface area contributed by atoms with Gasteiger partial charge >= 0.3 is 0 Å². The summed E-state index contributed by atoms with van der Waals surface area (Å²) >= 11 is 0. The van der Waals surface area contributed by atoms with Crippen molar-refractivity contribution in [1.82, 2.24) is 0 Å². The molecule has 0 N–H and O–H groups in total. The van der Waals surface area contributed by atoms with Crippen LogP contribution in [0.2, 0.25) is 0 Å². The first-order valence-electron chi connectivity index (χ1n) is 14.9. The van der Waals surface area contributed by atoms with Gasteiger partial charge in [0.25, 0.3) is 0 Å². The van der Waals surface area contributed by atoms with Crippen molar-refractivity contribution in [3.05, 3.63) is 141 Å². The van der Waals surface area contributed by atoms with E-state index in [4.69, 9.17) is 0 Å². The van der Waals surface area contributed by atoms with Crippen LogP contribution in [-0.4, -0.2) is 16.8 Å². The van der Waals surface area contributed by atoms with Gasteiger partial charge in [0.05, 0.1) is 14.7 Å². The molecule has 0 amide bonds. The van der Waals surface area contributed by atoms with Crippen LogP contribution in [0.15, 0.2) is 110 Å². The van der Waals surface area contributed by atoms with Gasteiger partial charge in [-0.3, -0.25) is 0 Å². The summed E-state index contributed by atoms with van der Waals surface area (Å²) in [5.41, 5.74) is 0.619. The third kappa shape index (κ3) is 4.87. The molecule has 2 aliphatic carbocycles. The molecular weight excluding hydrogens is 736 g/mol. The Labute approximate surface area is 297 Å². The molecule has 53 heavy (non-hydrogen) atoms. The number of rotatable bonds is 4. The molecular formula is C38H13F5N4O4S2. The van der Waals surface area contributed by atoms with E-state index in [9.17, 15) is 59.8 Å². The standard InChI is InChI=1S/C38H13F5N4O4S2/c39-33-34(40)36(42)38(37(43)35(33)41)53(50,51)22-7-9-24-26-12-25-23-8-6-21(52(48,49)20-4-2-1-3-5-20)10-27(23)31(18(14-44)15-45)29(25)13-30(26)32(28(24)11-22)19(16-46)17-47/h1-13H. The molecule has 8 nitrogen and oxygen atoms in total. The van der Waals surface area contributed by atoms with Crippen LogP contribution < -0.4 is 0 Å². The predicted octanol–water partition coefficient (Wildman–Crippen LogP) is 7.71. The Balaban J connectivity index is 1.48. The lowest BCUT2D eigenvalue weighted by molar-refractivity contribution is 0.357. The van der Waals surface area contributed by atoms with Gasteiger partial charge in [0.1, 0.15) is 40.3 Å². The highest BCUT2D eigenvalue weighted by molar-refractivity contribution is 7.91. The number of benzene rings is 5. The van der Waals surface area contributed by atoms with E-state index in [2.05, 4.69) is 0 Å². The number of nitriles is 4. The summed E-state index contributed by atoms with van der Waals surface area (Å²) in [4.78, 5) is -3.17. The highest BCUT2D eigenvalue weighted by Gasteiger charge is 2.38. The fourth-order valence-electron chi connectivity index (χ4n) is 6.50. The number of sulfone groups is 2. The molecule has 0 aromatic heterocycles. The maximum absolute atomic E-state index is 14.7. The van der Waals surface area contributed by atoms with Gasteiger partial charge in [-0.15, -0.1) is 0 Å². The highest BCUT2D eigenvalue weighted by Crippen LogP contribution is 2.54. The van der Waals surface area contributed by atoms with E-state index in [1.165, 1.54) is 36.4 Å². The lowest BCUT2D eigenvalue weighted by Gasteiger charge is -2.11. The van der Waals surface area contributed by atoms with E-state index in [1.807, 2.05) is 12.1 Å². The van der Waals surface area contributed by atoms with E-state index >= 15 is 0 Å². The molecule has 5 aromatic rings. The average molecular weight is 749 g/mol. The third-order valence-corrected chi connectivity index (χ3v) is 12.4. The molecule has 5 aromatic carbocycles. The lowest BCUT2D eigenvalue weighted by atomic mass is 9.93. The van der Waals surface area contributed by atoms with Gasteiger partial charge in [0.15, 0.2) is 23.3 Å². The largest absolute Gasteiger partial charge is 0.219 e. The van der Waals surface area contributed by atoms with Crippen molar-refractivity contribution in [2.75, 3.05) is 0 Å². The van der Waals surface area contributed by atoms with E-state index in [-0.39, 0.29) is 48.8 Å². The summed E-state index contributed by atoms with van der Waals surface area (Å²) in [6, 6.07) is 24.6. The Morgan fingerprint density at radius 2 is 0.792 bits per heavy atom. The normalized spacial score (nSPS) is 12.4. The summed E-state index contributed by atoms with van der Waals surface area (Å²) in [5.74, 6) is -12.7. The minimum Gasteiger partial charge on any atom is -0.219 e. The summed E-state index contributed by atoms with van der Waals surface area (Å²) in [5, 5.41) is 39.8. The summed E-state index contributed by atoms with van der Waals surface area (Å²) < 4.78 is 125. The molecule has 0 saturated heterocycles. The van der Waals surface area contributed by atoms with Gasteiger partial charge in [0, 0.05) is 11.1 Å². The summed E-state index contributed by atoms with van der Waals surface area (Å²) in [7, 11) is -9.52. The van der Waals surface area contributed by atoms with Crippen LogP contribution in [-0.2, 0) is 19.7 Å². The molecule has 0 heterocycles. The van der Waals surface area contributed by atoms with Crippen molar-refractivity contribution in [2.45, 2.75) is 19.6 Å². The second-order valence-corrected chi connectivity index (χ2v) is 15.4. The van der Waals surface area contributed by atoms with Gasteiger partial charge in [-0.1, -0.05) is 30.3 Å². The number of nitrogens with zero attached hydrogens (tertiary/aromatic N) is 4. The van der Waals surface area contributed by atoms with Crippen molar-refractivity contribution >= 4 is 30.8 Å². The molecule has 2 aliphatic rings. The quantitative estimate of drug-likeness (QED) is 0.0581. The molecule has 0 spiro atoms. The monoisotopic (exact) mass is 748 g/mol. The Hall–Kier alpha value is -6.91. The van der Waals surface area contributed by atoms with Crippen molar-refractivity contribution in [3.63, 3.8) is 0 Å². The lowest BCUT2D eigenvalue weighted by Crippen LogP contribution is -2.13. The smallest absolute Gasteiger partial charge is 0.212 e. The molecule has 256 valence electrons. The Bertz CT molecular complexity index is 2960. The van der Waals surface area contributed by atoms with Gasteiger partial charge in [0.2, 0.25) is 25.5 Å². The highest BCUT2D eigenvalue weighted by atomic mass is 32.2. The molecule has 0 radical (unpaired) electrons. The van der Waals surface area contributed by atoms with Crippen molar-refractivity contribution in [3.8, 4) is 46.5 Å². The zero-order chi connectivity index (χ0) is 38.1. The first kappa shape index (κ1) is 34.5. The molecule has 7 rings (SSSR count). The number of hydrogen-bond donors (Lipinski definition) is 0. The van der Waals surface area contributed by atoms with E-state index in [1.54, 1.807) is 36.4 Å². The zero-order valence-corrected chi connectivity index (χ0v) is 27.8. The Kier molecular flexibility index (Phi) is 7.89. The van der Waals surface area contributed by atoms with E-state index < -0.39 is 69.7 Å². The number of fused-ring (bicyclic) bond motifs is 6. The molecule has 0 aliphatic heterocycles. The SMILES string of the molecule is N#CC(C#N)=C1c2cc(S(=O)(=O)c3ccccc3)ccc2-c2cc3c(cc21)C(=C(C#N)C#N)c1cc(S(=O)(=O)c2c(F)c(F)c(F)c(F)c2F)ccc1-3. The molecule has 0 fully saturated rings. The van der Waals surface area contributed by atoms with Crippen LogP contribution in [0.3, 0.4) is 0 Å². The van der Waals surface area contributed by atoms with E-state index in [0.29, 0.717) is 16.7 Å². The van der Waals surface area contributed by atoms with Gasteiger partial charge in [-0.25, -0.2) is 38.8 Å². The minimum absolute atomic E-state index is 0.00534. The van der Waals surface area contributed by atoms with Crippen molar-refractivity contribution in [2.24, 2.45) is 0 Å². The molecule has 0 unspecified atom stereocenters. The molecule has 15 heteroatoms. The molecule has 0 saturated carbocycles. The average Bonchev–Trinajstić information content (AvgIpc) is 3.65. The van der Waals surface area contributed by atoms with Crippen LogP contribution in [0, 0.1) is 74.4 Å². The fraction of sp³-hybridized carbons (Fsp3) is 0. The zero-order valence-electron chi connectivity index (χ0n) is 26.1. The van der Waals surface area contributed by atoms with Crippen molar-refractivity contribution in [1.29, 1.82) is 21.0 Å². The number of hydrogen-bond acceptors (Lipinski definition) is 8. The summed E-state index contributed by atoms with van der Waals surface area (Å²) in [6.45, 7) is 0. The second-order valence-electron chi connectivity index (χ2n) is 11.5. The van der Waals surface area contributed by atoms with Crippen LogP contribution in [0.5, 0.6) is 0 Å². The number of allylic oxidation sites excluding steroid dienone is 2. The summed E-state index contributed by atoms with van der Waals surface area (Å²) in [6.07, 6.45) is 0. The van der Waals surface area contributed by atoms with Crippen LogP contribution in [0.4, 0.5) is 22.0 Å². The van der Waals surface area contributed by atoms with Crippen LogP contribution in [0.1, 0.15) is 22.3 Å². The van der Waals surface area contributed by atoms with Crippen molar-refractivity contribution < 1.29 is 38.8 Å². The second kappa shape index (κ2) is 12.1. The third-order valence-electron chi connectivity index (χ3n) is 8.86. The van der Waals surface area contributed by atoms with E-state index in [0.717, 1.165) is 18.2 Å². The van der Waals surface area contributed by atoms with Crippen LogP contribution in [0.25, 0.3) is 33.4 Å². The maximum atomic E-state index is 14.7.